The molecule has 4 rings (SSSR count). The van der Waals surface area contributed by atoms with Crippen molar-refractivity contribution in [2.45, 2.75) is 53.3 Å². The lowest BCUT2D eigenvalue weighted by Gasteiger charge is -2.42. The van der Waals surface area contributed by atoms with Crippen molar-refractivity contribution < 1.29 is 53.4 Å². The molecule has 0 bridgehead atoms. The van der Waals surface area contributed by atoms with Gasteiger partial charge < -0.3 is 5.11 Å². The molecule has 1 fully saturated rings. The van der Waals surface area contributed by atoms with Crippen LogP contribution in [0.2, 0.25) is 0 Å². The Balaban J connectivity index is 1.97. The Morgan fingerprint density at radius 1 is 0.917 bits per heavy atom. The Kier molecular flexibility index (Phi) is 5.97. The van der Waals surface area contributed by atoms with Gasteiger partial charge in [0, 0.05) is 5.56 Å². The first-order valence-corrected chi connectivity index (χ1v) is 12.2. The topological polar surface area (TPSA) is 71.4 Å². The van der Waals surface area contributed by atoms with Crippen LogP contribution in [-0.4, -0.2) is 31.8 Å². The van der Waals surface area contributed by atoms with Crippen molar-refractivity contribution in [2.24, 2.45) is 11.8 Å². The molecule has 2 aromatic carbocycles. The van der Waals surface area contributed by atoms with Gasteiger partial charge in [0.05, 0.1) is 10.8 Å². The van der Waals surface area contributed by atoms with Gasteiger partial charge in [-0.25, -0.2) is 17.2 Å². The van der Waals surface area contributed by atoms with Gasteiger partial charge in [-0.15, -0.1) is 0 Å². The number of carbonyl (C=O) groups is 1. The minimum absolute atomic E-state index is 0.125. The predicted molar refractivity (Wildman–Crippen MR) is 109 cm³/mol. The van der Waals surface area contributed by atoms with Gasteiger partial charge in [-0.1, -0.05) is 18.2 Å². The molecular formula is C23H18F8O4S. The summed E-state index contributed by atoms with van der Waals surface area (Å²) >= 11 is 0. The fourth-order valence-corrected chi connectivity index (χ4v) is 8.15. The SMILES string of the molecule is O=C(O)[C@H]1CC[C@]2(S(=O)(=O)c3ccc(F)cc3)c3ccc(C(F)(C(F)(F)F)C(F)(F)F)cc3CC[C@H]12. The summed E-state index contributed by atoms with van der Waals surface area (Å²) in [4.78, 5) is 11.5. The molecule has 0 heterocycles. The average Bonchev–Trinajstić information content (AvgIpc) is 3.19. The molecule has 36 heavy (non-hydrogen) atoms. The van der Waals surface area contributed by atoms with Crippen molar-refractivity contribution in [3.8, 4) is 0 Å². The normalized spacial score (nSPS) is 24.8. The van der Waals surface area contributed by atoms with E-state index in [-0.39, 0.29) is 47.8 Å². The van der Waals surface area contributed by atoms with Crippen LogP contribution in [0, 0.1) is 17.7 Å². The number of alkyl halides is 7. The highest BCUT2D eigenvalue weighted by Gasteiger charge is 2.73. The number of sulfone groups is 1. The Morgan fingerprint density at radius 3 is 2.03 bits per heavy atom. The van der Waals surface area contributed by atoms with E-state index in [1.54, 1.807) is 0 Å². The van der Waals surface area contributed by atoms with Crippen LogP contribution >= 0.6 is 0 Å². The minimum atomic E-state index is -6.35. The second-order valence-corrected chi connectivity index (χ2v) is 11.2. The van der Waals surface area contributed by atoms with E-state index < -0.39 is 61.8 Å². The standard InChI is InChI=1S/C23H18F8O4S/c24-14-3-5-15(6-4-14)36(34,35)20-10-9-16(19(32)33)18(20)7-1-12-11-13(2-8-17(12)20)21(25,22(26,27)28)23(29,30)31/h2-6,8,11,16,18H,1,7,9-10H2,(H,32,33)/t16-,18+,20-/m0/s1. The Morgan fingerprint density at radius 2 is 1.50 bits per heavy atom. The zero-order chi connectivity index (χ0) is 26.9. The zero-order valence-corrected chi connectivity index (χ0v) is 18.9. The van der Waals surface area contributed by atoms with E-state index in [0.29, 0.717) is 12.1 Å². The molecule has 0 spiro atoms. The molecular weight excluding hydrogens is 524 g/mol. The molecule has 13 heteroatoms. The largest absolute Gasteiger partial charge is 0.481 e. The monoisotopic (exact) mass is 542 g/mol. The van der Waals surface area contributed by atoms with Crippen LogP contribution in [0.15, 0.2) is 47.4 Å². The van der Waals surface area contributed by atoms with Gasteiger partial charge in [0.25, 0.3) is 0 Å². The third-order valence-electron chi connectivity index (χ3n) is 7.30. The van der Waals surface area contributed by atoms with Gasteiger partial charge in [0.15, 0.2) is 9.84 Å². The molecule has 0 unspecified atom stereocenters. The second kappa shape index (κ2) is 8.15. The number of benzene rings is 2. The summed E-state index contributed by atoms with van der Waals surface area (Å²) in [7, 11) is -4.53. The molecule has 2 aromatic rings. The first-order valence-electron chi connectivity index (χ1n) is 10.7. The second-order valence-electron chi connectivity index (χ2n) is 9.00. The quantitative estimate of drug-likeness (QED) is 0.389. The molecule has 0 amide bonds. The van der Waals surface area contributed by atoms with Gasteiger partial charge in [-0.05, 0) is 67.0 Å². The van der Waals surface area contributed by atoms with Crippen LogP contribution in [0.25, 0.3) is 0 Å². The van der Waals surface area contributed by atoms with Crippen LogP contribution in [0.5, 0.6) is 0 Å². The third kappa shape index (κ3) is 3.52. The molecule has 2 aliphatic rings. The molecule has 4 nitrogen and oxygen atoms in total. The molecule has 0 aromatic heterocycles. The van der Waals surface area contributed by atoms with Crippen molar-refractivity contribution in [1.82, 2.24) is 0 Å². The number of fused-ring (bicyclic) bond motifs is 3. The highest BCUT2D eigenvalue weighted by atomic mass is 32.2. The maximum absolute atomic E-state index is 14.7. The molecule has 0 aliphatic heterocycles. The number of carboxylic acids is 1. The van der Waals surface area contributed by atoms with Gasteiger partial charge in [0.1, 0.15) is 10.6 Å². The van der Waals surface area contributed by atoms with E-state index in [0.717, 1.165) is 24.3 Å². The number of rotatable bonds is 4. The number of aryl methyl sites for hydroxylation is 1. The van der Waals surface area contributed by atoms with Crippen molar-refractivity contribution in [1.29, 1.82) is 0 Å². The Bertz CT molecular complexity index is 1290. The fraction of sp³-hybridized carbons (Fsp3) is 0.435. The number of halogens is 8. The lowest BCUT2D eigenvalue weighted by atomic mass is 9.72. The Hall–Kier alpha value is -2.70. The molecule has 0 saturated heterocycles. The van der Waals surface area contributed by atoms with Crippen LogP contribution in [0.1, 0.15) is 36.0 Å². The van der Waals surface area contributed by atoms with Crippen LogP contribution < -0.4 is 0 Å². The summed E-state index contributed by atoms with van der Waals surface area (Å²) in [5.74, 6) is -4.28. The number of hydrogen-bond donors (Lipinski definition) is 1. The molecule has 196 valence electrons. The number of aliphatic carboxylic acids is 1. The van der Waals surface area contributed by atoms with E-state index in [1.807, 2.05) is 0 Å². The van der Waals surface area contributed by atoms with Crippen LogP contribution in [-0.2, 0) is 31.5 Å². The van der Waals surface area contributed by atoms with Crippen molar-refractivity contribution in [2.75, 3.05) is 0 Å². The molecule has 2 aliphatic carbocycles. The van der Waals surface area contributed by atoms with Crippen LogP contribution in [0.4, 0.5) is 35.1 Å². The van der Waals surface area contributed by atoms with Crippen molar-refractivity contribution in [3.63, 3.8) is 0 Å². The molecule has 3 atom stereocenters. The average molecular weight is 542 g/mol. The lowest BCUT2D eigenvalue weighted by Crippen LogP contribution is -2.51. The molecule has 1 N–H and O–H groups in total. The van der Waals surface area contributed by atoms with E-state index in [1.165, 1.54) is 0 Å². The fourth-order valence-electron chi connectivity index (χ4n) is 5.67. The van der Waals surface area contributed by atoms with Gasteiger partial charge in [-0.3, -0.25) is 4.79 Å². The Labute approximate surface area is 199 Å². The van der Waals surface area contributed by atoms with E-state index in [4.69, 9.17) is 0 Å². The maximum Gasteiger partial charge on any atom is 0.435 e. The van der Waals surface area contributed by atoms with E-state index >= 15 is 0 Å². The predicted octanol–water partition coefficient (Wildman–Crippen LogP) is 5.84. The molecule has 1 saturated carbocycles. The first kappa shape index (κ1) is 26.4. The summed E-state index contributed by atoms with van der Waals surface area (Å²) in [5.41, 5.74) is -7.88. The van der Waals surface area contributed by atoms with Crippen molar-refractivity contribution in [3.05, 3.63) is 65.0 Å². The number of hydrogen-bond acceptors (Lipinski definition) is 3. The summed E-state index contributed by atoms with van der Waals surface area (Å²) in [6, 6.07) is 4.95. The number of carboxylic acid groups (broad SMARTS) is 1. The summed E-state index contributed by atoms with van der Waals surface area (Å²) < 4.78 is 134. The summed E-state index contributed by atoms with van der Waals surface area (Å²) in [6.45, 7) is 0. The highest BCUT2D eigenvalue weighted by molar-refractivity contribution is 7.92. The van der Waals surface area contributed by atoms with Gasteiger partial charge in [0.2, 0.25) is 0 Å². The first-order chi connectivity index (χ1) is 16.5. The zero-order valence-electron chi connectivity index (χ0n) is 18.1. The smallest absolute Gasteiger partial charge is 0.435 e. The lowest BCUT2D eigenvalue weighted by molar-refractivity contribution is -0.348. The van der Waals surface area contributed by atoms with Gasteiger partial charge in [-0.2, -0.15) is 26.3 Å². The van der Waals surface area contributed by atoms with Crippen LogP contribution in [0.3, 0.4) is 0 Å². The molecule has 0 radical (unpaired) electrons. The maximum atomic E-state index is 14.7. The third-order valence-corrected chi connectivity index (χ3v) is 9.88. The van der Waals surface area contributed by atoms with Gasteiger partial charge >= 0.3 is 24.0 Å². The van der Waals surface area contributed by atoms with E-state index in [2.05, 4.69) is 0 Å². The minimum Gasteiger partial charge on any atom is -0.481 e. The van der Waals surface area contributed by atoms with Crippen molar-refractivity contribution >= 4 is 15.8 Å². The highest BCUT2D eigenvalue weighted by Crippen LogP contribution is 2.60. The summed E-state index contributed by atoms with van der Waals surface area (Å²) in [5, 5.41) is 9.67. The van der Waals surface area contributed by atoms with E-state index in [9.17, 15) is 53.4 Å². The summed E-state index contributed by atoms with van der Waals surface area (Å²) in [6.07, 6.45) is -13.6.